The molecule has 2 fully saturated rings. The van der Waals surface area contributed by atoms with Crippen molar-refractivity contribution in [3.8, 4) is 0 Å². The minimum absolute atomic E-state index is 0.145. The summed E-state index contributed by atoms with van der Waals surface area (Å²) in [5.74, 6) is -0.417. The van der Waals surface area contributed by atoms with Gasteiger partial charge in [0.2, 0.25) is 0 Å². The van der Waals surface area contributed by atoms with Crippen molar-refractivity contribution in [2.24, 2.45) is 0 Å². The second-order valence-electron chi connectivity index (χ2n) is 23.4. The fourth-order valence-electron chi connectivity index (χ4n) is 10.1. The highest BCUT2D eigenvalue weighted by Crippen LogP contribution is 2.44. The predicted molar refractivity (Wildman–Crippen MR) is 263 cm³/mol. The Kier molecular flexibility index (Phi) is 18.4. The minimum Gasteiger partial charge on any atom is -0.458 e. The van der Waals surface area contributed by atoms with Crippen LogP contribution in [0.15, 0.2) is 48.5 Å². The van der Waals surface area contributed by atoms with Gasteiger partial charge < -0.3 is 18.3 Å². The standard InChI is InChI=1S/C52H88N2O8Si2/c1-37(41-25-29-43(30-26-41)39(3)59-53-49(5,6)33-45(34-50(53,7)8)61-63(13,14)15)57-47(55)23-21-19-20-22-24-48(56)58-38(2)42-27-31-44(32-28-42)40(4)60-54-51(9,10)35-46(36-52(54,11)12)62-64(16,17)18/h25-32,37-40,45-46H,19-24,33-36H2,1-18H3. The molecular weight excluding hydrogens is 837 g/mol. The zero-order valence-electron chi connectivity index (χ0n) is 43.3. The molecule has 64 heavy (non-hydrogen) atoms. The van der Waals surface area contributed by atoms with Gasteiger partial charge in [0.15, 0.2) is 16.6 Å². The molecule has 0 aliphatic carbocycles. The van der Waals surface area contributed by atoms with Crippen LogP contribution in [0.25, 0.3) is 0 Å². The van der Waals surface area contributed by atoms with E-state index in [2.05, 4.69) is 143 Å². The average molecular weight is 925 g/mol. The number of carbonyl (C=O) groups is 2. The number of benzene rings is 2. The Bertz CT molecular complexity index is 1630. The van der Waals surface area contributed by atoms with E-state index in [9.17, 15) is 9.59 Å². The largest absolute Gasteiger partial charge is 0.458 e. The van der Waals surface area contributed by atoms with Crippen LogP contribution in [0.2, 0.25) is 39.3 Å². The molecule has 362 valence electrons. The molecule has 0 N–H and O–H groups in total. The predicted octanol–water partition coefficient (Wildman–Crippen LogP) is 13.7. The van der Waals surface area contributed by atoms with Gasteiger partial charge in [-0.15, -0.1) is 0 Å². The summed E-state index contributed by atoms with van der Waals surface area (Å²) in [4.78, 5) is 38.9. The van der Waals surface area contributed by atoms with Gasteiger partial charge in [0.1, 0.15) is 24.4 Å². The Labute approximate surface area is 391 Å². The lowest BCUT2D eigenvalue weighted by molar-refractivity contribution is -0.312. The lowest BCUT2D eigenvalue weighted by Gasteiger charge is -2.55. The van der Waals surface area contributed by atoms with Crippen molar-refractivity contribution in [2.75, 3.05) is 0 Å². The Balaban J connectivity index is 1.13. The first-order chi connectivity index (χ1) is 29.4. The fraction of sp³-hybridized carbons (Fsp3) is 0.731. The molecule has 2 heterocycles. The van der Waals surface area contributed by atoms with Gasteiger partial charge in [0, 0.05) is 47.2 Å². The molecule has 0 radical (unpaired) electrons. The molecule has 4 unspecified atom stereocenters. The molecule has 2 aromatic rings. The topological polar surface area (TPSA) is 96.0 Å². The number of carbonyl (C=O) groups excluding carboxylic acids is 2. The normalized spacial score (nSPS) is 21.5. The van der Waals surface area contributed by atoms with E-state index >= 15 is 0 Å². The molecule has 2 aliphatic rings. The highest BCUT2D eigenvalue weighted by atomic mass is 28.4. The number of piperidine rings is 2. The van der Waals surface area contributed by atoms with E-state index in [1.54, 1.807) is 0 Å². The van der Waals surface area contributed by atoms with Crippen molar-refractivity contribution in [3.63, 3.8) is 0 Å². The summed E-state index contributed by atoms with van der Waals surface area (Å²) in [6.45, 7) is 39.5. The van der Waals surface area contributed by atoms with Crippen LogP contribution in [0.1, 0.15) is 194 Å². The number of ether oxygens (including phenoxy) is 2. The molecule has 2 saturated heterocycles. The van der Waals surface area contributed by atoms with Crippen LogP contribution in [-0.2, 0) is 37.6 Å². The van der Waals surface area contributed by atoms with Gasteiger partial charge in [-0.2, -0.15) is 10.1 Å². The van der Waals surface area contributed by atoms with Crippen LogP contribution in [0.3, 0.4) is 0 Å². The van der Waals surface area contributed by atoms with Crippen molar-refractivity contribution in [1.82, 2.24) is 10.1 Å². The number of esters is 2. The van der Waals surface area contributed by atoms with Crippen molar-refractivity contribution in [3.05, 3.63) is 70.8 Å². The van der Waals surface area contributed by atoms with Crippen LogP contribution in [0.5, 0.6) is 0 Å². The lowest BCUT2D eigenvalue weighted by Crippen LogP contribution is -2.62. The molecular formula is C52H88N2O8Si2. The second-order valence-corrected chi connectivity index (χ2v) is 32.3. The first-order valence-electron chi connectivity index (χ1n) is 24.3. The van der Waals surface area contributed by atoms with Crippen LogP contribution < -0.4 is 0 Å². The quantitative estimate of drug-likeness (QED) is 0.0684. The summed E-state index contributed by atoms with van der Waals surface area (Å²) >= 11 is 0. The van der Waals surface area contributed by atoms with E-state index in [0.29, 0.717) is 25.7 Å². The molecule has 10 nitrogen and oxygen atoms in total. The Morgan fingerprint density at radius 3 is 0.984 bits per heavy atom. The zero-order chi connectivity index (χ0) is 48.1. The average Bonchev–Trinajstić information content (AvgIpc) is 3.13. The Hall–Kier alpha value is -2.43. The maximum atomic E-state index is 12.7. The first kappa shape index (κ1) is 54.2. The van der Waals surface area contributed by atoms with Gasteiger partial charge in [0.25, 0.3) is 0 Å². The maximum absolute atomic E-state index is 12.7. The van der Waals surface area contributed by atoms with Crippen LogP contribution in [-0.4, -0.2) is 73.1 Å². The SMILES string of the molecule is CC(OC(=O)CCCCCCC(=O)OC(C)c1ccc(C(C)ON2C(C)(C)CC(O[Si](C)(C)C)CC2(C)C)cc1)c1ccc(C(C)ON2C(C)(C)CC(O[Si](C)(C)C)CC2(C)C)cc1. The smallest absolute Gasteiger partial charge is 0.306 e. The lowest BCUT2D eigenvalue weighted by atomic mass is 9.80. The number of hydrogen-bond acceptors (Lipinski definition) is 10. The molecule has 0 amide bonds. The van der Waals surface area contributed by atoms with Gasteiger partial charge in [0.05, 0.1) is 0 Å². The Morgan fingerprint density at radius 1 is 0.484 bits per heavy atom. The van der Waals surface area contributed by atoms with Crippen LogP contribution in [0.4, 0.5) is 0 Å². The number of hydrogen-bond donors (Lipinski definition) is 0. The molecule has 0 spiro atoms. The van der Waals surface area contributed by atoms with Gasteiger partial charge in [-0.05, 0) is 183 Å². The second kappa shape index (κ2) is 21.7. The first-order valence-corrected chi connectivity index (χ1v) is 31.1. The highest BCUT2D eigenvalue weighted by molar-refractivity contribution is 6.70. The molecule has 0 bridgehead atoms. The van der Waals surface area contributed by atoms with E-state index in [4.69, 9.17) is 28.0 Å². The summed E-state index contributed by atoms with van der Waals surface area (Å²) < 4.78 is 24.7. The third-order valence-corrected chi connectivity index (χ3v) is 14.6. The van der Waals surface area contributed by atoms with Gasteiger partial charge in [-0.25, -0.2) is 0 Å². The Morgan fingerprint density at radius 2 is 0.734 bits per heavy atom. The third kappa shape index (κ3) is 16.1. The van der Waals surface area contributed by atoms with E-state index < -0.39 is 16.6 Å². The van der Waals surface area contributed by atoms with Crippen molar-refractivity contribution in [2.45, 2.75) is 245 Å². The molecule has 2 aliphatic heterocycles. The molecule has 4 atom stereocenters. The van der Waals surface area contributed by atoms with Gasteiger partial charge >= 0.3 is 11.9 Å². The van der Waals surface area contributed by atoms with Gasteiger partial charge in [-0.3, -0.25) is 19.3 Å². The zero-order valence-corrected chi connectivity index (χ0v) is 45.3. The summed E-state index contributed by atoms with van der Waals surface area (Å²) in [6.07, 6.45) is 6.96. The van der Waals surface area contributed by atoms with E-state index in [1.165, 1.54) is 0 Å². The maximum Gasteiger partial charge on any atom is 0.306 e. The summed E-state index contributed by atoms with van der Waals surface area (Å²) in [7, 11) is -3.31. The van der Waals surface area contributed by atoms with Crippen LogP contribution in [0, 0.1) is 0 Å². The molecule has 2 aromatic carbocycles. The number of hydroxylamine groups is 4. The fourth-order valence-corrected chi connectivity index (χ4v) is 12.5. The summed E-state index contributed by atoms with van der Waals surface area (Å²) in [5, 5.41) is 4.38. The van der Waals surface area contributed by atoms with E-state index in [1.807, 2.05) is 38.1 Å². The molecule has 4 rings (SSSR count). The third-order valence-electron chi connectivity index (χ3n) is 12.6. The summed E-state index contributed by atoms with van der Waals surface area (Å²) in [6, 6.07) is 16.4. The molecule has 12 heteroatoms. The number of nitrogens with zero attached hydrogens (tertiary/aromatic N) is 2. The molecule has 0 aromatic heterocycles. The highest BCUT2D eigenvalue weighted by Gasteiger charge is 2.50. The summed E-state index contributed by atoms with van der Waals surface area (Å²) in [5.41, 5.74) is 3.30. The van der Waals surface area contributed by atoms with E-state index in [-0.39, 0.29) is 70.7 Å². The van der Waals surface area contributed by atoms with Crippen molar-refractivity contribution >= 4 is 28.6 Å². The van der Waals surface area contributed by atoms with Crippen molar-refractivity contribution in [1.29, 1.82) is 0 Å². The minimum atomic E-state index is -1.65. The molecule has 0 saturated carbocycles. The van der Waals surface area contributed by atoms with Gasteiger partial charge in [-0.1, -0.05) is 61.4 Å². The monoisotopic (exact) mass is 925 g/mol. The number of rotatable bonds is 21. The number of unbranched alkanes of at least 4 members (excludes halogenated alkanes) is 3. The van der Waals surface area contributed by atoms with Crippen molar-refractivity contribution < 1.29 is 37.6 Å². The van der Waals surface area contributed by atoms with Crippen LogP contribution >= 0.6 is 0 Å². The van der Waals surface area contributed by atoms with E-state index in [0.717, 1.165) is 60.8 Å².